The highest BCUT2D eigenvalue weighted by atomic mass is 32.2. The molecule has 0 unspecified atom stereocenters. The molecule has 8 heteroatoms. The average molecular weight is 399 g/mol. The number of benzene rings is 1. The molecular weight excluding hydrogens is 378 g/mol. The molecular formula is C20H21N3O4S. The fourth-order valence-electron chi connectivity index (χ4n) is 3.49. The molecule has 0 atom stereocenters. The van der Waals surface area contributed by atoms with E-state index in [1.807, 2.05) is 12.1 Å². The predicted molar refractivity (Wildman–Crippen MR) is 102 cm³/mol. The zero-order valence-corrected chi connectivity index (χ0v) is 16.5. The van der Waals surface area contributed by atoms with Crippen LogP contribution in [0, 0.1) is 0 Å². The van der Waals surface area contributed by atoms with Crippen molar-refractivity contribution in [2.75, 3.05) is 0 Å². The minimum Gasteiger partial charge on any atom is -0.331 e. The van der Waals surface area contributed by atoms with Crippen molar-refractivity contribution in [3.63, 3.8) is 0 Å². The highest BCUT2D eigenvalue weighted by Gasteiger charge is 2.43. The van der Waals surface area contributed by atoms with E-state index in [2.05, 4.69) is 4.98 Å². The maximum absolute atomic E-state index is 13.2. The number of carbonyl (C=O) groups excluding carboxylic acids is 2. The Morgan fingerprint density at radius 1 is 1.21 bits per heavy atom. The number of hydrogen-bond acceptors (Lipinski definition) is 5. The maximum atomic E-state index is 13.2. The Morgan fingerprint density at radius 3 is 2.50 bits per heavy atom. The number of amides is 2. The van der Waals surface area contributed by atoms with Crippen molar-refractivity contribution in [3.05, 3.63) is 59.4 Å². The van der Waals surface area contributed by atoms with E-state index in [0.29, 0.717) is 6.54 Å². The van der Waals surface area contributed by atoms with Crippen LogP contribution in [0.5, 0.6) is 0 Å². The van der Waals surface area contributed by atoms with Crippen LogP contribution in [0.2, 0.25) is 0 Å². The first-order valence-corrected chi connectivity index (χ1v) is 10.7. The Morgan fingerprint density at radius 2 is 1.89 bits per heavy atom. The molecule has 0 saturated heterocycles. The molecule has 2 heterocycles. The van der Waals surface area contributed by atoms with Crippen LogP contribution in [0.1, 0.15) is 53.0 Å². The van der Waals surface area contributed by atoms with Crippen LogP contribution in [-0.2, 0) is 16.6 Å². The SMILES string of the molecule is CC(C)N1C(=O)c2ccc(C(=O)N(Cc3ccncc3)C3CC3)cc2S1(=O)=O. The molecule has 2 aromatic rings. The topological polar surface area (TPSA) is 87.7 Å². The molecule has 2 aliphatic rings. The zero-order valence-electron chi connectivity index (χ0n) is 15.7. The molecule has 7 nitrogen and oxygen atoms in total. The largest absolute Gasteiger partial charge is 0.331 e. The monoisotopic (exact) mass is 399 g/mol. The van der Waals surface area contributed by atoms with E-state index in [9.17, 15) is 18.0 Å². The second kappa shape index (κ2) is 6.70. The Kier molecular flexibility index (Phi) is 4.45. The van der Waals surface area contributed by atoms with Crippen LogP contribution >= 0.6 is 0 Å². The van der Waals surface area contributed by atoms with E-state index < -0.39 is 22.0 Å². The number of rotatable bonds is 5. The van der Waals surface area contributed by atoms with Gasteiger partial charge >= 0.3 is 0 Å². The summed E-state index contributed by atoms with van der Waals surface area (Å²) in [7, 11) is -3.94. The highest BCUT2D eigenvalue weighted by Crippen LogP contribution is 2.34. The van der Waals surface area contributed by atoms with Gasteiger partial charge in [0.2, 0.25) is 0 Å². The minimum atomic E-state index is -3.94. The van der Waals surface area contributed by atoms with Crippen molar-refractivity contribution >= 4 is 21.8 Å². The van der Waals surface area contributed by atoms with Gasteiger partial charge in [0.05, 0.1) is 5.56 Å². The summed E-state index contributed by atoms with van der Waals surface area (Å²) >= 11 is 0. The number of pyridine rings is 1. The first-order valence-electron chi connectivity index (χ1n) is 9.23. The lowest BCUT2D eigenvalue weighted by atomic mass is 10.1. The number of sulfonamides is 1. The molecule has 146 valence electrons. The second-order valence-electron chi connectivity index (χ2n) is 7.43. The van der Waals surface area contributed by atoms with Gasteiger partial charge < -0.3 is 4.90 Å². The molecule has 1 aromatic heterocycles. The van der Waals surface area contributed by atoms with Crippen molar-refractivity contribution < 1.29 is 18.0 Å². The molecule has 1 saturated carbocycles. The van der Waals surface area contributed by atoms with E-state index in [1.165, 1.54) is 12.1 Å². The van der Waals surface area contributed by atoms with Gasteiger partial charge in [-0.25, -0.2) is 12.7 Å². The van der Waals surface area contributed by atoms with E-state index >= 15 is 0 Å². The summed E-state index contributed by atoms with van der Waals surface area (Å²) in [6.45, 7) is 3.74. The third-order valence-corrected chi connectivity index (χ3v) is 7.01. The summed E-state index contributed by atoms with van der Waals surface area (Å²) in [4.78, 5) is 31.3. The molecule has 0 radical (unpaired) electrons. The van der Waals surface area contributed by atoms with E-state index in [-0.39, 0.29) is 28.0 Å². The summed E-state index contributed by atoms with van der Waals surface area (Å²) in [5.74, 6) is -0.771. The lowest BCUT2D eigenvalue weighted by Crippen LogP contribution is -2.36. The van der Waals surface area contributed by atoms with Crippen molar-refractivity contribution in [3.8, 4) is 0 Å². The molecule has 1 fully saturated rings. The van der Waals surface area contributed by atoms with Gasteiger partial charge in [0.15, 0.2) is 0 Å². The standard InChI is InChI=1S/C20H21N3O4S/c1-13(2)23-20(25)17-6-3-15(11-18(17)28(23,26)27)19(24)22(16-4-5-16)12-14-7-9-21-10-8-14/h3,6-11,13,16H,4-5,12H2,1-2H3. The summed E-state index contributed by atoms with van der Waals surface area (Å²) in [6.07, 6.45) is 5.22. The number of nitrogens with zero attached hydrogens (tertiary/aromatic N) is 3. The lowest BCUT2D eigenvalue weighted by Gasteiger charge is -2.23. The maximum Gasteiger partial charge on any atom is 0.269 e. The highest BCUT2D eigenvalue weighted by molar-refractivity contribution is 7.90. The van der Waals surface area contributed by atoms with Gasteiger partial charge in [0.1, 0.15) is 4.90 Å². The summed E-state index contributed by atoms with van der Waals surface area (Å²) < 4.78 is 26.5. The van der Waals surface area contributed by atoms with Gasteiger partial charge in [-0.3, -0.25) is 14.6 Å². The van der Waals surface area contributed by atoms with Crippen LogP contribution in [-0.4, -0.2) is 46.5 Å². The summed E-state index contributed by atoms with van der Waals surface area (Å²) in [6, 6.07) is 7.71. The smallest absolute Gasteiger partial charge is 0.269 e. The van der Waals surface area contributed by atoms with Crippen molar-refractivity contribution in [1.29, 1.82) is 0 Å². The van der Waals surface area contributed by atoms with Crippen molar-refractivity contribution in [2.45, 2.75) is 50.2 Å². The van der Waals surface area contributed by atoms with Gasteiger partial charge in [0.25, 0.3) is 21.8 Å². The van der Waals surface area contributed by atoms with E-state index in [0.717, 1.165) is 22.7 Å². The number of fused-ring (bicyclic) bond motifs is 1. The van der Waals surface area contributed by atoms with Crippen LogP contribution in [0.25, 0.3) is 0 Å². The quantitative estimate of drug-likeness (QED) is 0.771. The molecule has 0 N–H and O–H groups in total. The normalized spacial score (nSPS) is 17.7. The van der Waals surface area contributed by atoms with Gasteiger partial charge in [-0.1, -0.05) is 0 Å². The van der Waals surface area contributed by atoms with Gasteiger partial charge in [-0.05, 0) is 62.6 Å². The van der Waals surface area contributed by atoms with Crippen molar-refractivity contribution in [2.24, 2.45) is 0 Å². The molecule has 1 aliphatic heterocycles. The Hall–Kier alpha value is -2.74. The Bertz CT molecular complexity index is 1050. The molecule has 28 heavy (non-hydrogen) atoms. The lowest BCUT2D eigenvalue weighted by molar-refractivity contribution is 0.0728. The fourth-order valence-corrected chi connectivity index (χ4v) is 5.29. The number of hydrogen-bond donors (Lipinski definition) is 0. The zero-order chi connectivity index (χ0) is 20.1. The molecule has 0 spiro atoms. The Labute approximate surface area is 164 Å². The predicted octanol–water partition coefficient (Wildman–Crippen LogP) is 2.44. The molecule has 2 amide bonds. The first kappa shape index (κ1) is 18.6. The minimum absolute atomic E-state index is 0.0864. The van der Waals surface area contributed by atoms with Crippen LogP contribution < -0.4 is 0 Å². The van der Waals surface area contributed by atoms with Crippen LogP contribution in [0.4, 0.5) is 0 Å². The van der Waals surface area contributed by atoms with E-state index in [4.69, 9.17) is 0 Å². The molecule has 1 aromatic carbocycles. The third-order valence-electron chi connectivity index (χ3n) is 5.02. The van der Waals surface area contributed by atoms with Gasteiger partial charge in [0, 0.05) is 36.6 Å². The van der Waals surface area contributed by atoms with Gasteiger partial charge in [-0.2, -0.15) is 0 Å². The second-order valence-corrected chi connectivity index (χ2v) is 9.21. The third kappa shape index (κ3) is 3.07. The summed E-state index contributed by atoms with van der Waals surface area (Å²) in [5.41, 5.74) is 1.37. The molecule has 1 aliphatic carbocycles. The van der Waals surface area contributed by atoms with Crippen LogP contribution in [0.15, 0.2) is 47.6 Å². The summed E-state index contributed by atoms with van der Waals surface area (Å²) in [5, 5.41) is 0. The van der Waals surface area contributed by atoms with Crippen molar-refractivity contribution in [1.82, 2.24) is 14.2 Å². The fraction of sp³-hybridized carbons (Fsp3) is 0.350. The average Bonchev–Trinajstić information content (AvgIpc) is 3.47. The Balaban J connectivity index is 1.68. The van der Waals surface area contributed by atoms with Gasteiger partial charge in [-0.15, -0.1) is 0 Å². The van der Waals surface area contributed by atoms with Crippen LogP contribution in [0.3, 0.4) is 0 Å². The number of aromatic nitrogens is 1. The van der Waals surface area contributed by atoms with E-state index in [1.54, 1.807) is 37.2 Å². The number of carbonyl (C=O) groups is 2. The molecule has 0 bridgehead atoms. The first-order chi connectivity index (χ1) is 13.3. The molecule has 4 rings (SSSR count).